The van der Waals surface area contributed by atoms with Gasteiger partial charge in [-0.3, -0.25) is 0 Å². The molecular weight excluding hydrogens is 848 g/mol. The largest absolute Gasteiger partial charge is 0.469 e. The van der Waals surface area contributed by atoms with Gasteiger partial charge < -0.3 is 20.6 Å². The fourth-order valence-corrected chi connectivity index (χ4v) is 31.8. The van der Waals surface area contributed by atoms with E-state index in [9.17, 15) is 74.6 Å². The molecule has 0 N–H and O–H groups in total. The summed E-state index contributed by atoms with van der Waals surface area (Å²) in [6.45, 7) is 20.3. The maximum absolute atomic E-state index is 14.8. The Kier molecular flexibility index (Phi) is 14.4. The van der Waals surface area contributed by atoms with E-state index in [4.69, 9.17) is 20.6 Å². The van der Waals surface area contributed by atoms with E-state index < -0.39 is 111 Å². The van der Waals surface area contributed by atoms with Gasteiger partial charge in [0.25, 0.3) is 0 Å². The van der Waals surface area contributed by atoms with Crippen LogP contribution >= 0.6 is 0 Å². The second kappa shape index (κ2) is 14.4. The van der Waals surface area contributed by atoms with Crippen molar-refractivity contribution in [3.63, 3.8) is 0 Å². The van der Waals surface area contributed by atoms with Gasteiger partial charge in [-0.15, -0.1) is 0 Å². The molecule has 0 radical (unpaired) electrons. The van der Waals surface area contributed by atoms with Gasteiger partial charge in [0.05, 0.1) is 0 Å². The van der Waals surface area contributed by atoms with Crippen molar-refractivity contribution in [2.45, 2.75) is 145 Å². The van der Waals surface area contributed by atoms with Crippen LogP contribution in [0.25, 0.3) is 0 Å². The lowest BCUT2D eigenvalue weighted by molar-refractivity contribution is -0.461. The molecule has 0 aliphatic heterocycles. The summed E-state index contributed by atoms with van der Waals surface area (Å²) in [5.74, 6) is -56.7. The maximum atomic E-state index is 14.8. The van der Waals surface area contributed by atoms with Crippen molar-refractivity contribution in [2.75, 3.05) is 0 Å². The van der Waals surface area contributed by atoms with Crippen LogP contribution in [0.4, 0.5) is 74.6 Å². The fourth-order valence-electron chi connectivity index (χ4n) is 4.84. The highest BCUT2D eigenvalue weighted by Crippen LogP contribution is 2.64. The topological polar surface area (TPSA) is 46.2 Å². The van der Waals surface area contributed by atoms with Crippen molar-refractivity contribution < 1.29 is 95.2 Å². The Bertz CT molecular complexity index is 1170. The zero-order valence-corrected chi connectivity index (χ0v) is 35.9. The Morgan fingerprint density at radius 2 is 0.627 bits per heavy atom. The van der Waals surface area contributed by atoms with Crippen molar-refractivity contribution in [3.8, 4) is 0 Å². The van der Waals surface area contributed by atoms with Crippen molar-refractivity contribution >= 4 is 50.9 Å². The molecule has 28 heteroatoms. The van der Waals surface area contributed by atoms with Gasteiger partial charge in [0, 0.05) is 13.0 Å². The summed E-state index contributed by atoms with van der Waals surface area (Å²) in [6, 6.07) is -1.39. The molecule has 0 rings (SSSR count). The third-order valence-electron chi connectivity index (χ3n) is 6.26. The third-order valence-corrected chi connectivity index (χ3v) is 27.1. The lowest BCUT2D eigenvalue weighted by Crippen LogP contribution is -2.74. The van der Waals surface area contributed by atoms with Crippen molar-refractivity contribution in [1.82, 2.24) is 0 Å². The maximum Gasteiger partial charge on any atom is 0.469 e. The second-order valence-electron chi connectivity index (χ2n) is 15.3. The smallest absolute Gasteiger partial charge is 0.437 e. The van der Waals surface area contributed by atoms with Gasteiger partial charge in [-0.1, -0.05) is 0 Å². The van der Waals surface area contributed by atoms with Gasteiger partial charge in [-0.25, -0.2) is 0 Å². The first-order valence-electron chi connectivity index (χ1n) is 14.7. The van der Waals surface area contributed by atoms with Gasteiger partial charge in [0.15, 0.2) is 25.0 Å². The molecular formula is C23H43F17O5Si6. The molecule has 5 nitrogen and oxygen atoms in total. The highest BCUT2D eigenvalue weighted by Gasteiger charge is 2.95. The first-order valence-corrected chi connectivity index (χ1v) is 32.5. The molecule has 0 saturated heterocycles. The van der Waals surface area contributed by atoms with Crippen LogP contribution in [-0.2, 0) is 20.6 Å². The van der Waals surface area contributed by atoms with E-state index >= 15 is 0 Å². The molecule has 0 aliphatic carbocycles. The molecule has 0 aromatic rings. The summed E-state index contributed by atoms with van der Waals surface area (Å²) >= 11 is 0. The van der Waals surface area contributed by atoms with E-state index in [0.29, 0.717) is 0 Å². The molecule has 0 heterocycles. The van der Waals surface area contributed by atoms with E-state index in [2.05, 4.69) is 0 Å². The fraction of sp³-hybridized carbons (Fsp3) is 1.00. The molecule has 0 fully saturated rings. The number of hydrogen-bond acceptors (Lipinski definition) is 5. The summed E-state index contributed by atoms with van der Waals surface area (Å²) < 4.78 is 264. The minimum Gasteiger partial charge on any atom is -0.437 e. The first-order chi connectivity index (χ1) is 21.5. The van der Waals surface area contributed by atoms with Gasteiger partial charge in [-0.2, -0.15) is 74.6 Å². The van der Waals surface area contributed by atoms with Crippen LogP contribution in [0.15, 0.2) is 0 Å². The standard InChI is InChI=1S/C23H43F17O5Si6/c1-46(2,3)41-49(9,10)44-51(13,45-50(11,12)42-47(4,5)6)43-48(7,8)15-14-16(24,25)17(26,27)18(28,29)19(30,31)20(32,33)21(34,35)22(36,37)23(38,39)40/h14-15H2,1-13H3. The molecule has 0 atom stereocenters. The summed E-state index contributed by atoms with van der Waals surface area (Å²) in [4.78, 5) is 0. The molecule has 0 amide bonds. The van der Waals surface area contributed by atoms with E-state index in [1.807, 2.05) is 0 Å². The SMILES string of the molecule is C[Si](C)(C)O[Si](C)(C)O[Si](C)(O[Si](C)(C)CCC(F)(F)C(F)(F)C(F)(F)C(F)(F)C(F)(F)C(F)(F)C(F)(F)C(F)(F)F)O[Si](C)(C)O[Si](C)(C)C. The van der Waals surface area contributed by atoms with Gasteiger partial charge >= 0.3 is 73.6 Å². The average molecular weight is 891 g/mol. The molecule has 308 valence electrons. The minimum absolute atomic E-state index is 1.04. The molecule has 0 spiro atoms. The van der Waals surface area contributed by atoms with Gasteiger partial charge in [-0.05, 0) is 84.6 Å². The first kappa shape index (κ1) is 50.9. The molecule has 0 aromatic heterocycles. The lowest BCUT2D eigenvalue weighted by Gasteiger charge is -2.45. The van der Waals surface area contributed by atoms with Crippen molar-refractivity contribution in [1.29, 1.82) is 0 Å². The van der Waals surface area contributed by atoms with Crippen molar-refractivity contribution in [3.05, 3.63) is 0 Å². The summed E-state index contributed by atoms with van der Waals surface area (Å²) in [7, 11) is -19.5. The van der Waals surface area contributed by atoms with Crippen LogP contribution in [0, 0.1) is 0 Å². The molecule has 0 aromatic carbocycles. The Morgan fingerprint density at radius 3 is 0.902 bits per heavy atom. The van der Waals surface area contributed by atoms with Crippen molar-refractivity contribution in [2.24, 2.45) is 0 Å². The zero-order chi connectivity index (χ0) is 41.9. The normalized spacial score (nSPS) is 16.6. The lowest BCUT2D eigenvalue weighted by atomic mass is 9.88. The van der Waals surface area contributed by atoms with Crippen LogP contribution in [0.3, 0.4) is 0 Å². The second-order valence-corrected chi connectivity index (χ2v) is 39.2. The molecule has 0 bridgehead atoms. The Hall–Kier alpha value is -0.0887. The van der Waals surface area contributed by atoms with E-state index in [-0.39, 0.29) is 0 Å². The van der Waals surface area contributed by atoms with Crippen LogP contribution in [0.1, 0.15) is 6.42 Å². The predicted octanol–water partition coefficient (Wildman–Crippen LogP) is 11.3. The van der Waals surface area contributed by atoms with Crippen LogP contribution in [0.2, 0.25) is 91.2 Å². The van der Waals surface area contributed by atoms with Crippen LogP contribution in [-0.4, -0.2) is 98.5 Å². The van der Waals surface area contributed by atoms with Crippen LogP contribution < -0.4 is 0 Å². The molecule has 0 aliphatic rings. The number of rotatable bonds is 19. The minimum atomic E-state index is -8.68. The molecule has 0 saturated carbocycles. The monoisotopic (exact) mass is 890 g/mol. The van der Waals surface area contributed by atoms with E-state index in [1.54, 1.807) is 65.5 Å². The number of hydrogen-bond donors (Lipinski definition) is 0. The Labute approximate surface area is 291 Å². The quantitative estimate of drug-likeness (QED) is 0.0955. The summed E-state index contributed by atoms with van der Waals surface area (Å²) in [6.07, 6.45) is -10.4. The number of alkyl halides is 17. The molecule has 0 unspecified atom stereocenters. The highest BCUT2D eigenvalue weighted by atomic mass is 28.5. The summed E-state index contributed by atoms with van der Waals surface area (Å²) in [5, 5.41) is 0. The van der Waals surface area contributed by atoms with E-state index in [1.165, 1.54) is 6.55 Å². The van der Waals surface area contributed by atoms with Gasteiger partial charge in [0.2, 0.25) is 0 Å². The third kappa shape index (κ3) is 11.5. The summed E-state index contributed by atoms with van der Waals surface area (Å²) in [5.41, 5.74) is 0. The Morgan fingerprint density at radius 1 is 0.353 bits per heavy atom. The Balaban J connectivity index is 6.76. The van der Waals surface area contributed by atoms with Crippen LogP contribution in [0.5, 0.6) is 0 Å². The van der Waals surface area contributed by atoms with E-state index in [0.717, 1.165) is 13.1 Å². The predicted molar refractivity (Wildman–Crippen MR) is 166 cm³/mol. The highest BCUT2D eigenvalue weighted by molar-refractivity contribution is 6.91. The average Bonchev–Trinajstić information content (AvgIpc) is 2.76. The van der Waals surface area contributed by atoms with Gasteiger partial charge in [0.1, 0.15) is 0 Å². The number of halogens is 17. The molecule has 51 heavy (non-hydrogen) atoms. The zero-order valence-electron chi connectivity index (χ0n) is 29.9.